The number of ether oxygens (including phenoxy) is 2. The molecule has 0 unspecified atom stereocenters. The summed E-state index contributed by atoms with van der Waals surface area (Å²) in [6.45, 7) is 2.50. The third kappa shape index (κ3) is 5.30. The molecular formula is C17H18ClNO3. The fourth-order valence-electron chi connectivity index (χ4n) is 1.80. The number of rotatable bonds is 7. The molecule has 0 bridgehead atoms. The summed E-state index contributed by atoms with van der Waals surface area (Å²) in [5.74, 6) is 1.15. The van der Waals surface area contributed by atoms with Gasteiger partial charge < -0.3 is 14.8 Å². The molecule has 2 aromatic carbocycles. The second kappa shape index (κ2) is 8.29. The highest BCUT2D eigenvalue weighted by Crippen LogP contribution is 2.18. The molecule has 0 fully saturated rings. The molecule has 1 atom stereocenters. The molecule has 0 aromatic heterocycles. The summed E-state index contributed by atoms with van der Waals surface area (Å²) < 4.78 is 11.0. The highest BCUT2D eigenvalue weighted by molar-refractivity contribution is 6.30. The van der Waals surface area contributed by atoms with Crippen LogP contribution in [-0.4, -0.2) is 25.2 Å². The van der Waals surface area contributed by atoms with Crippen LogP contribution < -0.4 is 14.8 Å². The van der Waals surface area contributed by atoms with Gasteiger partial charge in [-0.2, -0.15) is 0 Å². The fraction of sp³-hybridized carbons (Fsp3) is 0.235. The van der Waals surface area contributed by atoms with Gasteiger partial charge in [-0.05, 0) is 37.3 Å². The van der Waals surface area contributed by atoms with Gasteiger partial charge in [0, 0.05) is 5.02 Å². The van der Waals surface area contributed by atoms with E-state index in [2.05, 4.69) is 5.32 Å². The van der Waals surface area contributed by atoms with Crippen LogP contribution in [0.2, 0.25) is 5.02 Å². The van der Waals surface area contributed by atoms with E-state index in [0.29, 0.717) is 23.9 Å². The standard InChI is InChI=1S/C17H18ClNO3/c1-13(22-16-9-5-6-14(18)12-16)17(20)19-10-11-21-15-7-3-2-4-8-15/h2-9,12-13H,10-11H2,1H3,(H,19,20)/t13-/m0/s1. The normalized spacial score (nSPS) is 11.5. The van der Waals surface area contributed by atoms with Crippen LogP contribution in [0.4, 0.5) is 0 Å². The van der Waals surface area contributed by atoms with E-state index in [1.165, 1.54) is 0 Å². The summed E-state index contributed by atoms with van der Waals surface area (Å²) in [4.78, 5) is 11.9. The maximum Gasteiger partial charge on any atom is 0.260 e. The Balaban J connectivity index is 1.70. The van der Waals surface area contributed by atoms with E-state index in [0.717, 1.165) is 5.75 Å². The lowest BCUT2D eigenvalue weighted by Gasteiger charge is -2.15. The minimum atomic E-state index is -0.602. The molecule has 0 spiro atoms. The zero-order chi connectivity index (χ0) is 15.8. The quantitative estimate of drug-likeness (QED) is 0.797. The Morgan fingerprint density at radius 3 is 2.59 bits per heavy atom. The summed E-state index contributed by atoms with van der Waals surface area (Å²) >= 11 is 5.87. The molecule has 0 saturated heterocycles. The molecule has 4 nitrogen and oxygen atoms in total. The van der Waals surface area contributed by atoms with Crippen LogP contribution >= 0.6 is 11.6 Å². The Labute approximate surface area is 135 Å². The van der Waals surface area contributed by atoms with Crippen molar-refractivity contribution in [1.82, 2.24) is 5.32 Å². The highest BCUT2D eigenvalue weighted by atomic mass is 35.5. The van der Waals surface area contributed by atoms with Crippen molar-refractivity contribution in [3.8, 4) is 11.5 Å². The molecule has 0 aliphatic heterocycles. The van der Waals surface area contributed by atoms with Crippen molar-refractivity contribution >= 4 is 17.5 Å². The molecule has 0 radical (unpaired) electrons. The van der Waals surface area contributed by atoms with Gasteiger partial charge in [0.05, 0.1) is 6.54 Å². The van der Waals surface area contributed by atoms with Gasteiger partial charge in [-0.3, -0.25) is 4.79 Å². The minimum absolute atomic E-state index is 0.198. The van der Waals surface area contributed by atoms with E-state index in [1.807, 2.05) is 30.3 Å². The first-order valence-electron chi connectivity index (χ1n) is 7.03. The SMILES string of the molecule is C[C@H](Oc1cccc(Cl)c1)C(=O)NCCOc1ccccc1. The van der Waals surface area contributed by atoms with Crippen molar-refractivity contribution in [3.63, 3.8) is 0 Å². The number of nitrogens with one attached hydrogen (secondary N) is 1. The van der Waals surface area contributed by atoms with Crippen molar-refractivity contribution in [3.05, 3.63) is 59.6 Å². The van der Waals surface area contributed by atoms with Gasteiger partial charge >= 0.3 is 0 Å². The van der Waals surface area contributed by atoms with E-state index >= 15 is 0 Å². The third-order valence-electron chi connectivity index (χ3n) is 2.89. The second-order valence-corrected chi connectivity index (χ2v) is 5.11. The molecular weight excluding hydrogens is 302 g/mol. The number of para-hydroxylation sites is 1. The second-order valence-electron chi connectivity index (χ2n) is 4.67. The zero-order valence-corrected chi connectivity index (χ0v) is 13.0. The van der Waals surface area contributed by atoms with Crippen LogP contribution in [0, 0.1) is 0 Å². The van der Waals surface area contributed by atoms with Crippen molar-refractivity contribution < 1.29 is 14.3 Å². The molecule has 0 heterocycles. The van der Waals surface area contributed by atoms with Gasteiger partial charge in [-0.25, -0.2) is 0 Å². The maximum absolute atomic E-state index is 11.9. The van der Waals surface area contributed by atoms with Gasteiger partial charge in [0.15, 0.2) is 6.10 Å². The summed E-state index contributed by atoms with van der Waals surface area (Å²) in [5.41, 5.74) is 0. The summed E-state index contributed by atoms with van der Waals surface area (Å²) in [6.07, 6.45) is -0.602. The number of halogens is 1. The number of carbonyl (C=O) groups excluding carboxylic acids is 1. The number of hydrogen-bond donors (Lipinski definition) is 1. The zero-order valence-electron chi connectivity index (χ0n) is 12.3. The maximum atomic E-state index is 11.9. The van der Waals surface area contributed by atoms with E-state index in [9.17, 15) is 4.79 Å². The van der Waals surface area contributed by atoms with Crippen molar-refractivity contribution in [2.45, 2.75) is 13.0 Å². The molecule has 0 aliphatic rings. The average molecular weight is 320 g/mol. The molecule has 22 heavy (non-hydrogen) atoms. The van der Waals surface area contributed by atoms with Crippen LogP contribution in [0.25, 0.3) is 0 Å². The molecule has 1 amide bonds. The summed E-state index contributed by atoms with van der Waals surface area (Å²) in [7, 11) is 0. The molecule has 2 aromatic rings. The third-order valence-corrected chi connectivity index (χ3v) is 3.13. The van der Waals surface area contributed by atoms with E-state index in [4.69, 9.17) is 21.1 Å². The van der Waals surface area contributed by atoms with Crippen LogP contribution in [0.1, 0.15) is 6.92 Å². The van der Waals surface area contributed by atoms with E-state index < -0.39 is 6.10 Å². The first-order valence-corrected chi connectivity index (χ1v) is 7.41. The van der Waals surface area contributed by atoms with Crippen molar-refractivity contribution in [1.29, 1.82) is 0 Å². The molecule has 5 heteroatoms. The van der Waals surface area contributed by atoms with Crippen molar-refractivity contribution in [2.24, 2.45) is 0 Å². The predicted molar refractivity (Wildman–Crippen MR) is 86.5 cm³/mol. The smallest absolute Gasteiger partial charge is 0.260 e. The van der Waals surface area contributed by atoms with Crippen LogP contribution in [0.15, 0.2) is 54.6 Å². The molecule has 116 valence electrons. The Morgan fingerprint density at radius 1 is 1.14 bits per heavy atom. The lowest BCUT2D eigenvalue weighted by molar-refractivity contribution is -0.127. The lowest BCUT2D eigenvalue weighted by Crippen LogP contribution is -2.38. The Kier molecular flexibility index (Phi) is 6.10. The number of benzene rings is 2. The number of carbonyl (C=O) groups is 1. The predicted octanol–water partition coefficient (Wildman–Crippen LogP) is 3.30. The number of amides is 1. The molecule has 1 N–H and O–H groups in total. The largest absolute Gasteiger partial charge is 0.492 e. The Hall–Kier alpha value is -2.20. The van der Waals surface area contributed by atoms with Crippen molar-refractivity contribution in [2.75, 3.05) is 13.2 Å². The van der Waals surface area contributed by atoms with Gasteiger partial charge in [0.25, 0.3) is 5.91 Å². The van der Waals surface area contributed by atoms with Crippen LogP contribution in [0.5, 0.6) is 11.5 Å². The van der Waals surface area contributed by atoms with Gasteiger partial charge in [0.1, 0.15) is 18.1 Å². The Morgan fingerprint density at radius 2 is 1.86 bits per heavy atom. The summed E-state index contributed by atoms with van der Waals surface area (Å²) in [5, 5.41) is 3.34. The van der Waals surface area contributed by atoms with Crippen LogP contribution in [-0.2, 0) is 4.79 Å². The minimum Gasteiger partial charge on any atom is -0.492 e. The first-order chi connectivity index (χ1) is 10.6. The lowest BCUT2D eigenvalue weighted by atomic mass is 10.3. The number of hydrogen-bond acceptors (Lipinski definition) is 3. The van der Waals surface area contributed by atoms with E-state index in [1.54, 1.807) is 31.2 Å². The fourth-order valence-corrected chi connectivity index (χ4v) is 1.98. The van der Waals surface area contributed by atoms with Gasteiger partial charge in [-0.15, -0.1) is 0 Å². The molecule has 0 saturated carbocycles. The van der Waals surface area contributed by atoms with Gasteiger partial charge in [0.2, 0.25) is 0 Å². The molecule has 2 rings (SSSR count). The topological polar surface area (TPSA) is 47.6 Å². The van der Waals surface area contributed by atoms with Crippen LogP contribution in [0.3, 0.4) is 0 Å². The average Bonchev–Trinajstić information content (AvgIpc) is 2.52. The summed E-state index contributed by atoms with van der Waals surface area (Å²) in [6, 6.07) is 16.4. The Bertz CT molecular complexity index is 604. The van der Waals surface area contributed by atoms with Gasteiger partial charge in [-0.1, -0.05) is 35.9 Å². The monoisotopic (exact) mass is 319 g/mol. The molecule has 0 aliphatic carbocycles. The highest BCUT2D eigenvalue weighted by Gasteiger charge is 2.14. The van der Waals surface area contributed by atoms with E-state index in [-0.39, 0.29) is 5.91 Å². The first kappa shape index (κ1) is 16.2.